The highest BCUT2D eigenvalue weighted by Crippen LogP contribution is 2.06. The fraction of sp³-hybridized carbons (Fsp3) is 0.619. The Hall–Kier alpha value is -1.35. The zero-order valence-corrected chi connectivity index (χ0v) is 20.3. The third-order valence-corrected chi connectivity index (χ3v) is 4.69. The van der Waals surface area contributed by atoms with Crippen molar-refractivity contribution < 1.29 is 9.53 Å². The van der Waals surface area contributed by atoms with E-state index in [1.807, 2.05) is 12.1 Å². The van der Waals surface area contributed by atoms with Crippen molar-refractivity contribution in [2.75, 3.05) is 40.3 Å². The molecule has 1 aromatic carbocycles. The summed E-state index contributed by atoms with van der Waals surface area (Å²) in [5.41, 5.74) is 1.74. The number of methoxy groups -OCH3 is 1. The molecule has 160 valence electrons. The fourth-order valence-electron chi connectivity index (χ4n) is 2.91. The number of hydrogen-bond donors (Lipinski definition) is 2. The van der Waals surface area contributed by atoms with Gasteiger partial charge in [0.05, 0.1) is 12.7 Å². The van der Waals surface area contributed by atoms with Gasteiger partial charge in [0.1, 0.15) is 0 Å². The summed E-state index contributed by atoms with van der Waals surface area (Å²) in [4.78, 5) is 18.2. The van der Waals surface area contributed by atoms with Crippen LogP contribution in [0.5, 0.6) is 0 Å². The van der Waals surface area contributed by atoms with Gasteiger partial charge in [-0.25, -0.2) is 4.79 Å². The van der Waals surface area contributed by atoms with Crippen LogP contribution < -0.4 is 10.6 Å². The minimum absolute atomic E-state index is 0. The number of carbonyl (C=O) groups is 1. The van der Waals surface area contributed by atoms with E-state index in [-0.39, 0.29) is 29.9 Å². The summed E-state index contributed by atoms with van der Waals surface area (Å²) in [5.74, 6) is 0.524. The predicted molar refractivity (Wildman–Crippen MR) is 128 cm³/mol. The van der Waals surface area contributed by atoms with Crippen LogP contribution in [0.15, 0.2) is 29.3 Å². The first kappa shape index (κ1) is 26.6. The second-order valence-electron chi connectivity index (χ2n) is 6.65. The van der Waals surface area contributed by atoms with Crippen LogP contribution in [0.2, 0.25) is 0 Å². The molecular formula is C21H37IN4O2. The van der Waals surface area contributed by atoms with Gasteiger partial charge in [-0.3, -0.25) is 4.99 Å². The Kier molecular flexibility index (Phi) is 14.8. The molecule has 0 aliphatic carbocycles. The average molecular weight is 504 g/mol. The fourth-order valence-corrected chi connectivity index (χ4v) is 2.91. The number of rotatable bonds is 11. The molecule has 1 unspecified atom stereocenters. The van der Waals surface area contributed by atoms with E-state index in [1.54, 1.807) is 19.2 Å². The van der Waals surface area contributed by atoms with Crippen LogP contribution >= 0.6 is 24.0 Å². The van der Waals surface area contributed by atoms with E-state index in [0.29, 0.717) is 11.6 Å². The third-order valence-electron chi connectivity index (χ3n) is 4.69. The molecule has 0 fully saturated rings. The van der Waals surface area contributed by atoms with E-state index in [2.05, 4.69) is 41.3 Å². The molecule has 6 nitrogen and oxygen atoms in total. The molecule has 0 aliphatic heterocycles. The van der Waals surface area contributed by atoms with Crippen LogP contribution in [-0.4, -0.2) is 63.2 Å². The number of nitrogens with zero attached hydrogens (tertiary/aromatic N) is 2. The van der Waals surface area contributed by atoms with Crippen molar-refractivity contribution in [1.29, 1.82) is 0 Å². The number of guanidine groups is 1. The molecule has 1 atom stereocenters. The van der Waals surface area contributed by atoms with E-state index in [9.17, 15) is 4.79 Å². The summed E-state index contributed by atoms with van der Waals surface area (Å²) in [7, 11) is 3.19. The summed E-state index contributed by atoms with van der Waals surface area (Å²) in [6.45, 7) is 10.8. The molecular weight excluding hydrogens is 467 g/mol. The Labute approximate surface area is 187 Å². The van der Waals surface area contributed by atoms with Crippen molar-refractivity contribution in [3.05, 3.63) is 35.4 Å². The van der Waals surface area contributed by atoms with Gasteiger partial charge in [0.15, 0.2) is 5.96 Å². The van der Waals surface area contributed by atoms with Crippen LogP contribution in [0.25, 0.3) is 0 Å². The Morgan fingerprint density at radius 3 is 2.39 bits per heavy atom. The highest BCUT2D eigenvalue weighted by molar-refractivity contribution is 14.0. The third kappa shape index (κ3) is 10.3. The molecule has 0 saturated carbocycles. The maximum absolute atomic E-state index is 11.5. The zero-order valence-electron chi connectivity index (χ0n) is 18.0. The van der Waals surface area contributed by atoms with Gasteiger partial charge in [-0.15, -0.1) is 24.0 Å². The lowest BCUT2D eigenvalue weighted by atomic mass is 10.1. The molecule has 7 heteroatoms. The molecule has 1 aromatic rings. The number of nitrogens with one attached hydrogen (secondary N) is 2. The van der Waals surface area contributed by atoms with Gasteiger partial charge in [0.2, 0.25) is 0 Å². The van der Waals surface area contributed by atoms with Crippen molar-refractivity contribution in [2.45, 2.75) is 46.1 Å². The second-order valence-corrected chi connectivity index (χ2v) is 6.65. The standard InChI is InChI=1S/C21H36N4O2.HI/c1-6-25(7-2)16-8-9-17(3)24-21(22-4)23-15-14-18-10-12-19(13-11-18)20(26)27-5;/h10-13,17H,6-9,14-16H2,1-5H3,(H2,22,23,24);1H. The molecule has 0 aliphatic rings. The van der Waals surface area contributed by atoms with E-state index < -0.39 is 0 Å². The summed E-state index contributed by atoms with van der Waals surface area (Å²) in [6, 6.07) is 7.89. The van der Waals surface area contributed by atoms with E-state index >= 15 is 0 Å². The molecule has 0 radical (unpaired) electrons. The van der Waals surface area contributed by atoms with Gasteiger partial charge < -0.3 is 20.3 Å². The molecule has 0 amide bonds. The Balaban J connectivity index is 0.00000729. The molecule has 0 saturated heterocycles. The molecule has 1 rings (SSSR count). The highest BCUT2D eigenvalue weighted by Gasteiger charge is 2.07. The lowest BCUT2D eigenvalue weighted by Crippen LogP contribution is -2.43. The summed E-state index contributed by atoms with van der Waals surface area (Å²) < 4.78 is 4.72. The van der Waals surface area contributed by atoms with Gasteiger partial charge in [-0.2, -0.15) is 0 Å². The number of benzene rings is 1. The average Bonchev–Trinajstić information content (AvgIpc) is 2.70. The molecule has 0 spiro atoms. The smallest absolute Gasteiger partial charge is 0.337 e. The Morgan fingerprint density at radius 1 is 1.21 bits per heavy atom. The van der Waals surface area contributed by atoms with E-state index in [0.717, 1.165) is 50.5 Å². The maximum atomic E-state index is 11.5. The number of ether oxygens (including phenoxy) is 1. The number of hydrogen-bond acceptors (Lipinski definition) is 4. The minimum Gasteiger partial charge on any atom is -0.465 e. The van der Waals surface area contributed by atoms with Gasteiger partial charge in [0, 0.05) is 19.6 Å². The summed E-state index contributed by atoms with van der Waals surface area (Å²) in [6.07, 6.45) is 3.16. The lowest BCUT2D eigenvalue weighted by molar-refractivity contribution is 0.0600. The van der Waals surface area contributed by atoms with Crippen molar-refractivity contribution in [3.8, 4) is 0 Å². The van der Waals surface area contributed by atoms with Crippen molar-refractivity contribution in [1.82, 2.24) is 15.5 Å². The van der Waals surface area contributed by atoms with Gasteiger partial charge >= 0.3 is 5.97 Å². The van der Waals surface area contributed by atoms with Gasteiger partial charge in [-0.1, -0.05) is 26.0 Å². The molecule has 28 heavy (non-hydrogen) atoms. The first-order valence-corrected chi connectivity index (χ1v) is 9.90. The van der Waals surface area contributed by atoms with Crippen LogP contribution in [0, 0.1) is 0 Å². The Bertz CT molecular complexity index is 574. The quantitative estimate of drug-likeness (QED) is 0.210. The monoisotopic (exact) mass is 504 g/mol. The summed E-state index contributed by atoms with van der Waals surface area (Å²) >= 11 is 0. The van der Waals surface area contributed by atoms with Crippen LogP contribution in [-0.2, 0) is 11.2 Å². The van der Waals surface area contributed by atoms with Gasteiger partial charge in [-0.05, 0) is 63.5 Å². The van der Waals surface area contributed by atoms with Crippen LogP contribution in [0.3, 0.4) is 0 Å². The van der Waals surface area contributed by atoms with E-state index in [4.69, 9.17) is 4.74 Å². The van der Waals surface area contributed by atoms with Gasteiger partial charge in [0.25, 0.3) is 0 Å². The number of esters is 1. The van der Waals surface area contributed by atoms with Crippen LogP contribution in [0.4, 0.5) is 0 Å². The molecule has 0 bridgehead atoms. The molecule has 0 aromatic heterocycles. The Morgan fingerprint density at radius 2 is 1.86 bits per heavy atom. The second kappa shape index (κ2) is 15.6. The maximum Gasteiger partial charge on any atom is 0.337 e. The normalized spacial score (nSPS) is 12.3. The SMILES string of the molecule is CCN(CC)CCCC(C)NC(=NC)NCCc1ccc(C(=O)OC)cc1.I. The van der Waals surface area contributed by atoms with Crippen LogP contribution in [0.1, 0.15) is 49.5 Å². The highest BCUT2D eigenvalue weighted by atomic mass is 127. The first-order chi connectivity index (χ1) is 13.0. The number of halogens is 1. The van der Waals surface area contributed by atoms with Crippen molar-refractivity contribution in [3.63, 3.8) is 0 Å². The predicted octanol–water partition coefficient (Wildman–Crippen LogP) is 3.31. The number of carbonyl (C=O) groups excluding carboxylic acids is 1. The minimum atomic E-state index is -0.306. The molecule has 2 N–H and O–H groups in total. The first-order valence-electron chi connectivity index (χ1n) is 9.90. The largest absolute Gasteiger partial charge is 0.465 e. The molecule has 0 heterocycles. The van der Waals surface area contributed by atoms with E-state index in [1.165, 1.54) is 13.5 Å². The van der Waals surface area contributed by atoms with Crippen molar-refractivity contribution in [2.24, 2.45) is 4.99 Å². The topological polar surface area (TPSA) is 66.0 Å². The number of aliphatic imine (C=N–C) groups is 1. The zero-order chi connectivity index (χ0) is 20.1. The lowest BCUT2D eigenvalue weighted by Gasteiger charge is -2.21. The van der Waals surface area contributed by atoms with Crippen molar-refractivity contribution >= 4 is 35.9 Å². The summed E-state index contributed by atoms with van der Waals surface area (Å²) in [5, 5.41) is 6.81.